The zero-order valence-corrected chi connectivity index (χ0v) is 13.1. The molecule has 0 aliphatic rings. The summed E-state index contributed by atoms with van der Waals surface area (Å²) in [6.07, 6.45) is 0. The summed E-state index contributed by atoms with van der Waals surface area (Å²) in [5.74, 6) is 0. The lowest BCUT2D eigenvalue weighted by Crippen LogP contribution is -2.43. The Morgan fingerprint density at radius 3 is 2.20 bits per heavy atom. The first kappa shape index (κ1) is 12.9. The van der Waals surface area contributed by atoms with Crippen LogP contribution in [0.3, 0.4) is 0 Å². The summed E-state index contributed by atoms with van der Waals surface area (Å²) < 4.78 is 2.48. The van der Waals surface area contributed by atoms with E-state index < -0.39 is 8.96 Å². The van der Waals surface area contributed by atoms with Crippen LogP contribution >= 0.6 is 0 Å². The number of benzene rings is 3. The lowest BCUT2D eigenvalue weighted by atomic mass is 10.1. The molecule has 0 saturated carbocycles. The van der Waals surface area contributed by atoms with Gasteiger partial charge >= 0.3 is 0 Å². The monoisotopic (exact) mass is 277 g/mol. The SMILES string of the molecule is CN(c1cccc2ccccc12)[SiH](C)c1ccccc1. The molecule has 0 fully saturated rings. The third kappa shape index (κ3) is 2.35. The molecule has 0 saturated heterocycles. The highest BCUT2D eigenvalue weighted by atomic mass is 28.3. The van der Waals surface area contributed by atoms with Crippen LogP contribution in [0.25, 0.3) is 10.8 Å². The molecule has 20 heavy (non-hydrogen) atoms. The number of hydrogen-bond donors (Lipinski definition) is 0. The molecule has 3 aromatic carbocycles. The van der Waals surface area contributed by atoms with Gasteiger partial charge in [0.2, 0.25) is 0 Å². The zero-order valence-electron chi connectivity index (χ0n) is 12.0. The maximum Gasteiger partial charge on any atom is 0.168 e. The first-order valence-corrected chi connectivity index (χ1v) is 9.28. The van der Waals surface area contributed by atoms with Crippen molar-refractivity contribution < 1.29 is 0 Å². The van der Waals surface area contributed by atoms with Crippen LogP contribution in [0.2, 0.25) is 6.55 Å². The topological polar surface area (TPSA) is 3.24 Å². The zero-order chi connectivity index (χ0) is 13.9. The van der Waals surface area contributed by atoms with Crippen molar-refractivity contribution in [1.29, 1.82) is 0 Å². The van der Waals surface area contributed by atoms with Crippen LogP contribution in [0.4, 0.5) is 5.69 Å². The van der Waals surface area contributed by atoms with E-state index in [0.717, 1.165) is 0 Å². The van der Waals surface area contributed by atoms with E-state index >= 15 is 0 Å². The Balaban J connectivity index is 2.03. The van der Waals surface area contributed by atoms with Crippen LogP contribution in [0, 0.1) is 0 Å². The number of rotatable bonds is 3. The number of anilines is 1. The largest absolute Gasteiger partial charge is 0.398 e. The van der Waals surface area contributed by atoms with Crippen LogP contribution in [0.5, 0.6) is 0 Å². The lowest BCUT2D eigenvalue weighted by molar-refractivity contribution is 1.32. The van der Waals surface area contributed by atoms with Gasteiger partial charge in [0.15, 0.2) is 8.96 Å². The molecule has 0 aliphatic carbocycles. The highest BCUT2D eigenvalue weighted by Crippen LogP contribution is 2.26. The summed E-state index contributed by atoms with van der Waals surface area (Å²) in [6.45, 7) is 2.39. The second kappa shape index (κ2) is 5.51. The molecular formula is C18H19NSi. The molecule has 0 heterocycles. The van der Waals surface area contributed by atoms with Crippen molar-refractivity contribution in [2.45, 2.75) is 6.55 Å². The number of nitrogens with zero attached hydrogens (tertiary/aromatic N) is 1. The van der Waals surface area contributed by atoms with Crippen molar-refractivity contribution in [3.63, 3.8) is 0 Å². The standard InChI is InChI=1S/C18H19NSi/c1-19(20(2)16-11-4-3-5-12-16)18-14-8-10-15-9-6-7-13-17(15)18/h3-14,20H,1-2H3. The summed E-state index contributed by atoms with van der Waals surface area (Å²) in [5, 5.41) is 4.13. The second-order valence-corrected chi connectivity index (χ2v) is 7.99. The fourth-order valence-corrected chi connectivity index (χ4v) is 4.55. The number of fused-ring (bicyclic) bond motifs is 1. The fourth-order valence-electron chi connectivity index (χ4n) is 2.68. The van der Waals surface area contributed by atoms with Crippen molar-refractivity contribution in [1.82, 2.24) is 0 Å². The molecule has 3 aromatic rings. The van der Waals surface area contributed by atoms with Crippen LogP contribution in [0.15, 0.2) is 72.8 Å². The first-order valence-electron chi connectivity index (χ1n) is 7.03. The van der Waals surface area contributed by atoms with Gasteiger partial charge in [-0.2, -0.15) is 0 Å². The Hall–Kier alpha value is -2.06. The van der Waals surface area contributed by atoms with Crippen LogP contribution in [0.1, 0.15) is 0 Å². The predicted octanol–water partition coefficient (Wildman–Crippen LogP) is 3.54. The minimum Gasteiger partial charge on any atom is -0.398 e. The van der Waals surface area contributed by atoms with Gasteiger partial charge in [-0.1, -0.05) is 73.3 Å². The van der Waals surface area contributed by atoms with Crippen molar-refractivity contribution in [3.8, 4) is 0 Å². The van der Waals surface area contributed by atoms with Crippen LogP contribution in [-0.2, 0) is 0 Å². The van der Waals surface area contributed by atoms with E-state index in [4.69, 9.17) is 0 Å². The van der Waals surface area contributed by atoms with Gasteiger partial charge in [0.05, 0.1) is 0 Å². The molecule has 100 valence electrons. The molecule has 0 amide bonds. The summed E-state index contributed by atoms with van der Waals surface area (Å²) in [5.41, 5.74) is 1.34. The molecule has 0 radical (unpaired) electrons. The summed E-state index contributed by atoms with van der Waals surface area (Å²) in [7, 11) is 1.07. The van der Waals surface area contributed by atoms with Gasteiger partial charge < -0.3 is 4.57 Å². The van der Waals surface area contributed by atoms with E-state index in [1.165, 1.54) is 21.6 Å². The molecule has 1 nitrogen and oxygen atoms in total. The molecule has 2 heteroatoms. The van der Waals surface area contributed by atoms with Gasteiger partial charge in [-0.05, 0) is 23.7 Å². The molecule has 0 bridgehead atoms. The number of hydrogen-bond acceptors (Lipinski definition) is 1. The van der Waals surface area contributed by atoms with Crippen LogP contribution < -0.4 is 9.75 Å². The van der Waals surface area contributed by atoms with Gasteiger partial charge in [-0.25, -0.2) is 0 Å². The van der Waals surface area contributed by atoms with Gasteiger partial charge in [-0.15, -0.1) is 0 Å². The third-order valence-corrected chi connectivity index (χ3v) is 6.80. The Bertz CT molecular complexity index is 703. The average Bonchev–Trinajstić information content (AvgIpc) is 2.54. The van der Waals surface area contributed by atoms with E-state index in [1.807, 2.05) is 0 Å². The quantitative estimate of drug-likeness (QED) is 0.662. The highest BCUT2D eigenvalue weighted by Gasteiger charge is 2.15. The highest BCUT2D eigenvalue weighted by molar-refractivity contribution is 6.75. The Labute approximate surface area is 122 Å². The summed E-state index contributed by atoms with van der Waals surface area (Å²) in [4.78, 5) is 0. The minimum absolute atomic E-state index is 1.16. The van der Waals surface area contributed by atoms with Gasteiger partial charge in [0.25, 0.3) is 0 Å². The van der Waals surface area contributed by atoms with E-state index in [-0.39, 0.29) is 0 Å². The molecule has 3 rings (SSSR count). The second-order valence-electron chi connectivity index (χ2n) is 5.20. The minimum atomic E-state index is -1.16. The Morgan fingerprint density at radius 1 is 0.750 bits per heavy atom. The van der Waals surface area contributed by atoms with Gasteiger partial charge in [-0.3, -0.25) is 0 Å². The molecule has 1 unspecified atom stereocenters. The van der Waals surface area contributed by atoms with Crippen LogP contribution in [-0.4, -0.2) is 16.0 Å². The van der Waals surface area contributed by atoms with Gasteiger partial charge in [0.1, 0.15) is 0 Å². The summed E-state index contributed by atoms with van der Waals surface area (Å²) in [6, 6.07) is 26.0. The predicted molar refractivity (Wildman–Crippen MR) is 91.4 cm³/mol. The molecule has 1 atom stereocenters. The summed E-state index contributed by atoms with van der Waals surface area (Å²) >= 11 is 0. The van der Waals surface area contributed by atoms with Crippen molar-refractivity contribution in [3.05, 3.63) is 72.8 Å². The van der Waals surface area contributed by atoms with Crippen molar-refractivity contribution in [2.75, 3.05) is 11.6 Å². The lowest BCUT2D eigenvalue weighted by Gasteiger charge is -2.27. The van der Waals surface area contributed by atoms with E-state index in [9.17, 15) is 0 Å². The van der Waals surface area contributed by atoms with E-state index in [2.05, 4.69) is 91.0 Å². The molecule has 0 N–H and O–H groups in total. The van der Waals surface area contributed by atoms with Gasteiger partial charge in [0, 0.05) is 11.1 Å². The van der Waals surface area contributed by atoms with E-state index in [0.29, 0.717) is 0 Å². The smallest absolute Gasteiger partial charge is 0.168 e. The van der Waals surface area contributed by atoms with Crippen molar-refractivity contribution in [2.24, 2.45) is 0 Å². The molecule has 0 aliphatic heterocycles. The average molecular weight is 277 g/mol. The Morgan fingerprint density at radius 2 is 1.40 bits per heavy atom. The first-order chi connectivity index (χ1) is 9.77. The molecular weight excluding hydrogens is 258 g/mol. The molecule has 0 spiro atoms. The molecule has 0 aromatic heterocycles. The maximum absolute atomic E-state index is 2.48. The normalized spacial score (nSPS) is 12.3. The third-order valence-electron chi connectivity index (χ3n) is 4.01. The fraction of sp³-hybridized carbons (Fsp3) is 0.111. The Kier molecular flexibility index (Phi) is 3.57. The van der Waals surface area contributed by atoms with Crippen molar-refractivity contribution >= 4 is 30.6 Å². The van der Waals surface area contributed by atoms with E-state index in [1.54, 1.807) is 0 Å². The maximum atomic E-state index is 2.48.